The summed E-state index contributed by atoms with van der Waals surface area (Å²) in [5.74, 6) is 1.69. The summed E-state index contributed by atoms with van der Waals surface area (Å²) in [5.41, 5.74) is 0.245. The Kier molecular flexibility index (Phi) is 5.93. The van der Waals surface area contributed by atoms with E-state index in [0.717, 1.165) is 25.2 Å². The third kappa shape index (κ3) is 4.93. The van der Waals surface area contributed by atoms with Crippen LogP contribution >= 0.6 is 0 Å². The lowest BCUT2D eigenvalue weighted by molar-refractivity contribution is 0.177. The van der Waals surface area contributed by atoms with Crippen LogP contribution < -0.4 is 10.6 Å². The first-order valence-electron chi connectivity index (χ1n) is 9.54. The quantitative estimate of drug-likeness (QED) is 0.800. The van der Waals surface area contributed by atoms with E-state index in [2.05, 4.69) is 27.6 Å². The number of aromatic nitrogens is 3. The van der Waals surface area contributed by atoms with Gasteiger partial charge in [0, 0.05) is 20.1 Å². The first-order valence-corrected chi connectivity index (χ1v) is 9.54. The predicted molar refractivity (Wildman–Crippen MR) is 95.2 cm³/mol. The van der Waals surface area contributed by atoms with Crippen LogP contribution in [0.4, 0.5) is 4.79 Å². The van der Waals surface area contributed by atoms with Crippen molar-refractivity contribution in [3.05, 3.63) is 11.6 Å². The van der Waals surface area contributed by atoms with Crippen molar-refractivity contribution in [2.45, 2.75) is 77.5 Å². The number of hydrogen-bond donors (Lipinski definition) is 2. The van der Waals surface area contributed by atoms with E-state index in [-0.39, 0.29) is 17.5 Å². The summed E-state index contributed by atoms with van der Waals surface area (Å²) in [5, 5.41) is 10.7. The van der Waals surface area contributed by atoms with Crippen LogP contribution in [-0.4, -0.2) is 40.5 Å². The van der Waals surface area contributed by atoms with E-state index in [0.29, 0.717) is 19.0 Å². The van der Waals surface area contributed by atoms with E-state index in [1.165, 1.54) is 38.5 Å². The lowest BCUT2D eigenvalue weighted by atomic mass is 9.82. The summed E-state index contributed by atoms with van der Waals surface area (Å²) >= 11 is 0. The fraction of sp³-hybridized carbons (Fsp3) is 0.833. The van der Waals surface area contributed by atoms with Gasteiger partial charge in [-0.1, -0.05) is 32.6 Å². The first kappa shape index (κ1) is 18.2. The number of carbonyl (C=O) groups excluding carboxylic acids is 1. The van der Waals surface area contributed by atoms with Crippen molar-refractivity contribution in [2.24, 2.45) is 5.41 Å². The molecule has 3 rings (SSSR count). The molecule has 25 heavy (non-hydrogen) atoms. The Balaban J connectivity index is 1.46. The minimum atomic E-state index is -0.0591. The van der Waals surface area contributed by atoms with Crippen molar-refractivity contribution < 1.29 is 9.53 Å². The van der Waals surface area contributed by atoms with Crippen molar-refractivity contribution >= 4 is 6.03 Å². The van der Waals surface area contributed by atoms with Gasteiger partial charge >= 0.3 is 6.03 Å². The number of rotatable bonds is 5. The van der Waals surface area contributed by atoms with Crippen LogP contribution in [0.15, 0.2) is 0 Å². The molecule has 2 heterocycles. The zero-order chi connectivity index (χ0) is 17.7. The van der Waals surface area contributed by atoms with E-state index >= 15 is 0 Å². The molecule has 1 aliphatic carbocycles. The zero-order valence-corrected chi connectivity index (χ0v) is 15.5. The summed E-state index contributed by atoms with van der Waals surface area (Å²) < 4.78 is 6.99. The van der Waals surface area contributed by atoms with Crippen molar-refractivity contribution in [3.8, 4) is 0 Å². The Morgan fingerprint density at radius 3 is 2.80 bits per heavy atom. The lowest BCUT2D eigenvalue weighted by Crippen LogP contribution is -2.48. The highest BCUT2D eigenvalue weighted by Crippen LogP contribution is 2.33. The number of aryl methyl sites for hydroxylation is 1. The molecule has 2 N–H and O–H groups in total. The summed E-state index contributed by atoms with van der Waals surface area (Å²) in [6.45, 7) is 4.17. The number of ether oxygens (including phenoxy) is 1. The Morgan fingerprint density at radius 2 is 2.08 bits per heavy atom. The van der Waals surface area contributed by atoms with Gasteiger partial charge in [0.2, 0.25) is 0 Å². The zero-order valence-electron chi connectivity index (χ0n) is 15.5. The van der Waals surface area contributed by atoms with E-state index in [1.54, 1.807) is 7.11 Å². The molecule has 0 radical (unpaired) electrons. The Hall–Kier alpha value is -1.63. The molecule has 7 nitrogen and oxygen atoms in total. The van der Waals surface area contributed by atoms with Crippen LogP contribution in [0.1, 0.15) is 63.5 Å². The number of amides is 2. The van der Waals surface area contributed by atoms with Crippen molar-refractivity contribution in [2.75, 3.05) is 13.7 Å². The maximum absolute atomic E-state index is 12.3. The molecule has 7 heteroatoms. The fourth-order valence-corrected chi connectivity index (χ4v) is 3.96. The highest BCUT2D eigenvalue weighted by atomic mass is 16.5. The minimum Gasteiger partial charge on any atom is -0.377 e. The fourth-order valence-electron chi connectivity index (χ4n) is 3.96. The van der Waals surface area contributed by atoms with Crippen molar-refractivity contribution in [3.63, 3.8) is 0 Å². The molecule has 0 aromatic carbocycles. The van der Waals surface area contributed by atoms with Crippen LogP contribution in [0.2, 0.25) is 0 Å². The number of methoxy groups -OCH3 is 1. The van der Waals surface area contributed by atoms with Crippen molar-refractivity contribution in [1.29, 1.82) is 0 Å². The van der Waals surface area contributed by atoms with Gasteiger partial charge in [0.15, 0.2) is 5.82 Å². The average molecular weight is 349 g/mol. The Bertz CT molecular complexity index is 578. The molecular formula is C18H31N5O2. The molecule has 0 saturated heterocycles. The molecule has 1 atom stereocenters. The topological polar surface area (TPSA) is 81.1 Å². The number of hydrogen-bond acceptors (Lipinski definition) is 4. The van der Waals surface area contributed by atoms with E-state index in [4.69, 9.17) is 4.74 Å². The van der Waals surface area contributed by atoms with Gasteiger partial charge in [-0.05, 0) is 24.7 Å². The molecule has 0 spiro atoms. The largest absolute Gasteiger partial charge is 0.377 e. The highest BCUT2D eigenvalue weighted by Gasteiger charge is 2.27. The summed E-state index contributed by atoms with van der Waals surface area (Å²) in [7, 11) is 1.64. The van der Waals surface area contributed by atoms with Crippen LogP contribution in [0.25, 0.3) is 0 Å². The average Bonchev–Trinajstić information content (AvgIpc) is 2.85. The predicted octanol–water partition coefficient (Wildman–Crippen LogP) is 2.40. The van der Waals surface area contributed by atoms with Crippen LogP contribution in [0.5, 0.6) is 0 Å². The Morgan fingerprint density at radius 1 is 1.32 bits per heavy atom. The molecule has 1 aliphatic heterocycles. The van der Waals surface area contributed by atoms with Crippen LogP contribution in [0, 0.1) is 5.41 Å². The second-order valence-electron chi connectivity index (χ2n) is 7.85. The normalized spacial score (nSPS) is 22.7. The summed E-state index contributed by atoms with van der Waals surface area (Å²) in [4.78, 5) is 16.8. The van der Waals surface area contributed by atoms with Gasteiger partial charge < -0.3 is 15.4 Å². The molecule has 2 amide bonds. The molecule has 1 aromatic heterocycles. The smallest absolute Gasteiger partial charge is 0.315 e. The number of nitrogens with zero attached hydrogens (tertiary/aromatic N) is 3. The van der Waals surface area contributed by atoms with Gasteiger partial charge in [-0.15, -0.1) is 0 Å². The highest BCUT2D eigenvalue weighted by molar-refractivity contribution is 5.74. The number of carbonyl (C=O) groups is 1. The van der Waals surface area contributed by atoms with E-state index in [9.17, 15) is 4.79 Å². The van der Waals surface area contributed by atoms with Gasteiger partial charge in [-0.2, -0.15) is 5.10 Å². The number of fused-ring (bicyclic) bond motifs is 1. The third-order valence-electron chi connectivity index (χ3n) is 5.50. The molecule has 1 unspecified atom stereocenters. The van der Waals surface area contributed by atoms with Gasteiger partial charge in [-0.25, -0.2) is 14.5 Å². The standard InChI is InChI=1S/C18H31N5O2/c1-18(9-5-3-4-6-10-18)13-19-17(24)20-14-7-8-16-21-15(12-25-2)22-23(16)11-14/h14H,3-13H2,1-2H3,(H2,19,20,24). The molecule has 0 bridgehead atoms. The second-order valence-corrected chi connectivity index (χ2v) is 7.85. The van der Waals surface area contributed by atoms with Gasteiger partial charge in [0.1, 0.15) is 12.4 Å². The molecule has 1 aromatic rings. The maximum Gasteiger partial charge on any atom is 0.315 e. The first-order chi connectivity index (χ1) is 12.1. The maximum atomic E-state index is 12.3. The van der Waals surface area contributed by atoms with Crippen LogP contribution in [0.3, 0.4) is 0 Å². The van der Waals surface area contributed by atoms with Gasteiger partial charge in [0.25, 0.3) is 0 Å². The second kappa shape index (κ2) is 8.17. The number of urea groups is 1. The molecule has 1 fully saturated rings. The summed E-state index contributed by atoms with van der Waals surface area (Å²) in [6.07, 6.45) is 9.37. The number of nitrogens with one attached hydrogen (secondary N) is 2. The van der Waals surface area contributed by atoms with E-state index in [1.807, 2.05) is 4.68 Å². The lowest BCUT2D eigenvalue weighted by Gasteiger charge is -2.29. The minimum absolute atomic E-state index is 0.0591. The SMILES string of the molecule is COCc1nc2n(n1)CC(NC(=O)NCC1(C)CCCCCC1)CC2. The third-order valence-corrected chi connectivity index (χ3v) is 5.50. The van der Waals surface area contributed by atoms with E-state index < -0.39 is 0 Å². The van der Waals surface area contributed by atoms with Gasteiger partial charge in [0.05, 0.1) is 12.6 Å². The van der Waals surface area contributed by atoms with Gasteiger partial charge in [-0.3, -0.25) is 0 Å². The van der Waals surface area contributed by atoms with Crippen LogP contribution in [-0.2, 0) is 24.3 Å². The summed E-state index contributed by atoms with van der Waals surface area (Å²) in [6, 6.07) is 0.0442. The molecular weight excluding hydrogens is 318 g/mol. The Labute approximate surface area is 149 Å². The molecule has 1 saturated carbocycles. The monoisotopic (exact) mass is 349 g/mol. The van der Waals surface area contributed by atoms with Crippen molar-refractivity contribution in [1.82, 2.24) is 25.4 Å². The molecule has 2 aliphatic rings. The molecule has 140 valence electrons.